The van der Waals surface area contributed by atoms with E-state index in [9.17, 15) is 18.0 Å². The van der Waals surface area contributed by atoms with Gasteiger partial charge in [-0.2, -0.15) is 18.3 Å². The fraction of sp³-hybridized carbons (Fsp3) is 0.364. The average Bonchev–Trinajstić information content (AvgIpc) is 3.02. The van der Waals surface area contributed by atoms with E-state index in [0.717, 1.165) is 18.5 Å². The molecule has 0 spiro atoms. The maximum absolute atomic E-state index is 13.0. The molecule has 0 saturated carbocycles. The Kier molecular flexibility index (Phi) is 3.87. The van der Waals surface area contributed by atoms with E-state index in [1.807, 2.05) is 0 Å². The Morgan fingerprint density at radius 1 is 1.48 bits per heavy atom. The van der Waals surface area contributed by atoms with E-state index in [-0.39, 0.29) is 11.4 Å². The van der Waals surface area contributed by atoms with E-state index in [1.165, 1.54) is 18.8 Å². The number of ether oxygens (including phenoxy) is 2. The molecule has 2 rings (SSSR count). The van der Waals surface area contributed by atoms with Crippen LogP contribution in [0.5, 0.6) is 5.88 Å². The zero-order valence-electron chi connectivity index (χ0n) is 10.9. The van der Waals surface area contributed by atoms with Gasteiger partial charge in [-0.25, -0.2) is 4.79 Å². The SMILES string of the molecule is COc1cc(C(=O)O[C@H](c2cnn(C)c2)C(F)(F)F)on1. The summed E-state index contributed by atoms with van der Waals surface area (Å²) >= 11 is 0. The van der Waals surface area contributed by atoms with Gasteiger partial charge in [-0.15, -0.1) is 0 Å². The molecule has 10 heteroatoms. The molecule has 21 heavy (non-hydrogen) atoms. The number of carbonyl (C=O) groups is 1. The number of hydrogen-bond donors (Lipinski definition) is 0. The minimum absolute atomic E-state index is 0.0492. The molecule has 0 aliphatic heterocycles. The van der Waals surface area contributed by atoms with Crippen molar-refractivity contribution in [2.75, 3.05) is 7.11 Å². The third kappa shape index (κ3) is 3.33. The number of carbonyl (C=O) groups excluding carboxylic acids is 1. The Balaban J connectivity index is 2.21. The Labute approximate surface area is 116 Å². The molecule has 2 aromatic rings. The standard InChI is InChI=1S/C11H10F3N3O4/c1-17-5-6(4-15-17)9(11(12,13)14)20-10(18)7-3-8(19-2)16-21-7/h3-5,9H,1-2H3/t9-/m1/s1. The van der Waals surface area contributed by atoms with Crippen molar-refractivity contribution in [3.63, 3.8) is 0 Å². The molecule has 0 radical (unpaired) electrons. The summed E-state index contributed by atoms with van der Waals surface area (Å²) in [5.74, 6) is -1.85. The van der Waals surface area contributed by atoms with Crippen molar-refractivity contribution in [1.29, 1.82) is 0 Å². The van der Waals surface area contributed by atoms with Crippen LogP contribution < -0.4 is 4.74 Å². The molecule has 1 atom stereocenters. The molecule has 0 aliphatic carbocycles. The zero-order valence-corrected chi connectivity index (χ0v) is 10.9. The van der Waals surface area contributed by atoms with Gasteiger partial charge in [-0.1, -0.05) is 0 Å². The first-order chi connectivity index (χ1) is 9.81. The van der Waals surface area contributed by atoms with Gasteiger partial charge in [-0.05, 0) is 5.16 Å². The second-order valence-electron chi connectivity index (χ2n) is 4.01. The lowest BCUT2D eigenvalue weighted by atomic mass is 10.2. The molecular formula is C11H10F3N3O4. The van der Waals surface area contributed by atoms with Gasteiger partial charge in [0.25, 0.3) is 5.88 Å². The highest BCUT2D eigenvalue weighted by Crippen LogP contribution is 2.36. The van der Waals surface area contributed by atoms with Crippen molar-refractivity contribution in [2.45, 2.75) is 12.3 Å². The molecular weight excluding hydrogens is 295 g/mol. The minimum atomic E-state index is -4.79. The lowest BCUT2D eigenvalue weighted by Gasteiger charge is -2.18. The van der Waals surface area contributed by atoms with Crippen molar-refractivity contribution in [1.82, 2.24) is 14.9 Å². The molecule has 0 aliphatic rings. The predicted molar refractivity (Wildman–Crippen MR) is 60.5 cm³/mol. The highest BCUT2D eigenvalue weighted by atomic mass is 19.4. The van der Waals surface area contributed by atoms with Crippen LogP contribution in [0.1, 0.15) is 22.2 Å². The second-order valence-corrected chi connectivity index (χ2v) is 4.01. The van der Waals surface area contributed by atoms with E-state index in [1.54, 1.807) is 0 Å². The summed E-state index contributed by atoms with van der Waals surface area (Å²) < 4.78 is 53.7. The lowest BCUT2D eigenvalue weighted by molar-refractivity contribution is -0.207. The summed E-state index contributed by atoms with van der Waals surface area (Å²) in [5, 5.41) is 6.92. The number of hydrogen-bond acceptors (Lipinski definition) is 6. The van der Waals surface area contributed by atoms with Gasteiger partial charge in [0.2, 0.25) is 11.9 Å². The average molecular weight is 305 g/mol. The molecule has 7 nitrogen and oxygen atoms in total. The molecule has 0 fully saturated rings. The van der Waals surface area contributed by atoms with Crippen LogP contribution >= 0.6 is 0 Å². The van der Waals surface area contributed by atoms with Gasteiger partial charge >= 0.3 is 12.1 Å². The second kappa shape index (κ2) is 5.46. The van der Waals surface area contributed by atoms with E-state index >= 15 is 0 Å². The van der Waals surface area contributed by atoms with Crippen LogP contribution in [0.2, 0.25) is 0 Å². The van der Waals surface area contributed by atoms with Crippen LogP contribution in [0.3, 0.4) is 0 Å². The normalized spacial score (nSPS) is 13.0. The first-order valence-electron chi connectivity index (χ1n) is 5.58. The van der Waals surface area contributed by atoms with Gasteiger partial charge in [0.15, 0.2) is 0 Å². The maximum Gasteiger partial charge on any atom is 0.429 e. The Morgan fingerprint density at radius 2 is 2.19 bits per heavy atom. The first kappa shape index (κ1) is 14.9. The molecule has 114 valence electrons. The third-order valence-corrected chi connectivity index (χ3v) is 2.45. The van der Waals surface area contributed by atoms with Crippen LogP contribution in [0.25, 0.3) is 0 Å². The van der Waals surface area contributed by atoms with E-state index in [4.69, 9.17) is 0 Å². The van der Waals surface area contributed by atoms with E-state index in [2.05, 4.69) is 24.3 Å². The molecule has 0 bridgehead atoms. The first-order valence-corrected chi connectivity index (χ1v) is 5.58. The molecule has 0 saturated heterocycles. The van der Waals surface area contributed by atoms with E-state index < -0.39 is 24.0 Å². The highest BCUT2D eigenvalue weighted by Gasteiger charge is 2.45. The number of nitrogens with zero attached hydrogens (tertiary/aromatic N) is 3. The smallest absolute Gasteiger partial charge is 0.429 e. The maximum atomic E-state index is 13.0. The molecule has 2 aromatic heterocycles. The van der Waals surface area contributed by atoms with Crippen LogP contribution in [-0.2, 0) is 11.8 Å². The van der Waals surface area contributed by atoms with Crippen molar-refractivity contribution in [2.24, 2.45) is 7.05 Å². The molecule has 0 N–H and O–H groups in total. The number of aryl methyl sites for hydroxylation is 1. The molecule has 0 aromatic carbocycles. The third-order valence-electron chi connectivity index (χ3n) is 2.45. The number of rotatable bonds is 4. The number of halogens is 3. The van der Waals surface area contributed by atoms with Crippen molar-refractivity contribution in [3.8, 4) is 5.88 Å². The van der Waals surface area contributed by atoms with Crippen LogP contribution in [0.4, 0.5) is 13.2 Å². The minimum Gasteiger partial charge on any atom is -0.479 e. The van der Waals surface area contributed by atoms with Gasteiger partial charge in [0, 0.05) is 18.8 Å². The van der Waals surface area contributed by atoms with Gasteiger partial charge in [-0.3, -0.25) is 4.68 Å². The lowest BCUT2D eigenvalue weighted by Crippen LogP contribution is -2.26. The molecule has 0 unspecified atom stereocenters. The summed E-state index contributed by atoms with van der Waals surface area (Å²) in [6.07, 6.45) is -5.17. The van der Waals surface area contributed by atoms with Gasteiger partial charge in [0.05, 0.1) is 19.4 Å². The fourth-order valence-electron chi connectivity index (χ4n) is 1.52. The Bertz CT molecular complexity index is 635. The monoisotopic (exact) mass is 305 g/mol. The van der Waals surface area contributed by atoms with Crippen molar-refractivity contribution in [3.05, 3.63) is 29.8 Å². The summed E-state index contributed by atoms with van der Waals surface area (Å²) in [7, 11) is 2.71. The Morgan fingerprint density at radius 3 is 2.67 bits per heavy atom. The number of esters is 1. The van der Waals surface area contributed by atoms with Crippen LogP contribution in [0.15, 0.2) is 23.0 Å². The van der Waals surface area contributed by atoms with Gasteiger partial charge in [0.1, 0.15) is 0 Å². The number of alkyl halides is 3. The van der Waals surface area contributed by atoms with Gasteiger partial charge < -0.3 is 14.0 Å². The van der Waals surface area contributed by atoms with Crippen molar-refractivity contribution >= 4 is 5.97 Å². The largest absolute Gasteiger partial charge is 0.479 e. The number of aromatic nitrogens is 3. The number of methoxy groups -OCH3 is 1. The van der Waals surface area contributed by atoms with E-state index in [0.29, 0.717) is 0 Å². The molecule has 2 heterocycles. The quantitative estimate of drug-likeness (QED) is 0.802. The van der Waals surface area contributed by atoms with Crippen molar-refractivity contribution < 1.29 is 32.0 Å². The fourth-order valence-corrected chi connectivity index (χ4v) is 1.52. The summed E-state index contributed by atoms with van der Waals surface area (Å²) in [6, 6.07) is 1.03. The Hall–Kier alpha value is -2.52. The summed E-state index contributed by atoms with van der Waals surface area (Å²) in [5.41, 5.74) is -0.301. The highest BCUT2D eigenvalue weighted by molar-refractivity contribution is 5.86. The topological polar surface area (TPSA) is 79.4 Å². The summed E-state index contributed by atoms with van der Waals surface area (Å²) in [4.78, 5) is 11.7. The summed E-state index contributed by atoms with van der Waals surface area (Å²) in [6.45, 7) is 0. The predicted octanol–water partition coefficient (Wildman–Crippen LogP) is 1.88. The van der Waals surface area contributed by atoms with Crippen LogP contribution in [-0.4, -0.2) is 34.2 Å². The zero-order chi connectivity index (χ0) is 15.6. The molecule has 0 amide bonds. The van der Waals surface area contributed by atoms with Crippen LogP contribution in [0, 0.1) is 0 Å².